The summed E-state index contributed by atoms with van der Waals surface area (Å²) >= 11 is 0. The Morgan fingerprint density at radius 2 is 2.11 bits per heavy atom. The maximum absolute atomic E-state index is 12.0. The number of aromatic nitrogens is 6. The van der Waals surface area contributed by atoms with E-state index >= 15 is 0 Å². The molecule has 1 saturated heterocycles. The molecule has 0 radical (unpaired) electrons. The number of nitrogen functional groups attached to an aromatic ring is 1. The van der Waals surface area contributed by atoms with Crippen molar-refractivity contribution < 1.29 is 28.9 Å². The summed E-state index contributed by atoms with van der Waals surface area (Å²) in [7, 11) is -4.45. The lowest BCUT2D eigenvalue weighted by Crippen LogP contribution is -2.34. The molecule has 5 atom stereocenters. The Morgan fingerprint density at radius 1 is 1.30 bits per heavy atom. The van der Waals surface area contributed by atoms with E-state index in [4.69, 9.17) is 15.0 Å². The number of aliphatic hydroxyl groups excluding tert-OH is 2. The van der Waals surface area contributed by atoms with Gasteiger partial charge in [-0.3, -0.25) is 13.5 Å². The Balaban J connectivity index is 1.52. The van der Waals surface area contributed by atoms with Crippen molar-refractivity contribution in [2.45, 2.75) is 24.5 Å². The van der Waals surface area contributed by atoms with Gasteiger partial charge in [-0.15, -0.1) is 0 Å². The van der Waals surface area contributed by atoms with E-state index in [0.29, 0.717) is 11.2 Å². The molecule has 0 spiro atoms. The lowest BCUT2D eigenvalue weighted by atomic mass is 10.1. The summed E-state index contributed by atoms with van der Waals surface area (Å²) in [5.74, 6) is 0.152. The minimum Gasteiger partial charge on any atom is -0.761 e. The first kappa shape index (κ1) is 18.0. The number of nitrogens with two attached hydrogens (primary N) is 1. The zero-order chi connectivity index (χ0) is 19.2. The Labute approximate surface area is 151 Å². The summed E-state index contributed by atoms with van der Waals surface area (Å²) in [6.45, 7) is -0.503. The number of ether oxygens (including phenoxy) is 1. The standard InChI is InChI=1S/C13H16N7O6P/c14-11-8-12(17-4-16-11)20(6-18-8)13-10(22)9(21)7(26-13)3-25-27(23,24)19-2-1-15-5-19/h1-2,4-7,9-10,13,21-22H,3H2,(H,23,24)(H2,14,16,17)/p-1/t7-,9?,10?,13-/m1/s1. The number of hydrogen-bond donors (Lipinski definition) is 3. The van der Waals surface area contributed by atoms with Crippen LogP contribution in [0.5, 0.6) is 0 Å². The first-order chi connectivity index (χ1) is 12.9. The number of hydrogen-bond acceptors (Lipinski definition) is 11. The van der Waals surface area contributed by atoms with Gasteiger partial charge in [-0.2, -0.15) is 0 Å². The molecule has 0 aromatic carbocycles. The van der Waals surface area contributed by atoms with E-state index in [0.717, 1.165) is 10.7 Å². The topological polar surface area (TPSA) is 186 Å². The maximum atomic E-state index is 12.0. The minimum atomic E-state index is -4.45. The number of anilines is 1. The van der Waals surface area contributed by atoms with Gasteiger partial charge in [-0.25, -0.2) is 19.9 Å². The van der Waals surface area contributed by atoms with Crippen LogP contribution >= 0.6 is 7.75 Å². The van der Waals surface area contributed by atoms with Crippen LogP contribution in [0.15, 0.2) is 31.4 Å². The molecule has 1 fully saturated rings. The van der Waals surface area contributed by atoms with Crippen LogP contribution in [0.4, 0.5) is 5.82 Å². The third kappa shape index (κ3) is 3.10. The van der Waals surface area contributed by atoms with Crippen molar-refractivity contribution in [3.63, 3.8) is 0 Å². The van der Waals surface area contributed by atoms with E-state index in [-0.39, 0.29) is 5.82 Å². The highest BCUT2D eigenvalue weighted by Gasteiger charge is 2.44. The number of nitrogens with zero attached hydrogens (tertiary/aromatic N) is 6. The van der Waals surface area contributed by atoms with Crippen molar-refractivity contribution in [1.82, 2.24) is 28.8 Å². The molecule has 0 bridgehead atoms. The van der Waals surface area contributed by atoms with Crippen LogP contribution in [0, 0.1) is 0 Å². The van der Waals surface area contributed by atoms with E-state index in [1.807, 2.05) is 0 Å². The second kappa shape index (κ2) is 6.64. The second-order valence-corrected chi connectivity index (χ2v) is 7.49. The van der Waals surface area contributed by atoms with Gasteiger partial charge in [0.2, 0.25) is 7.75 Å². The van der Waals surface area contributed by atoms with E-state index < -0.39 is 38.9 Å². The predicted molar refractivity (Wildman–Crippen MR) is 86.8 cm³/mol. The third-order valence-corrected chi connectivity index (χ3v) is 5.45. The molecule has 0 amide bonds. The summed E-state index contributed by atoms with van der Waals surface area (Å²) in [6, 6.07) is 0. The molecule has 13 nitrogen and oxygen atoms in total. The second-order valence-electron chi connectivity index (χ2n) is 5.84. The molecule has 4 N–H and O–H groups in total. The molecule has 3 unspecified atom stereocenters. The van der Waals surface area contributed by atoms with Crippen molar-refractivity contribution in [3.05, 3.63) is 31.4 Å². The normalized spacial score (nSPS) is 27.8. The average Bonchev–Trinajstić information content (AvgIpc) is 3.36. The molecule has 0 saturated carbocycles. The Kier molecular flexibility index (Phi) is 4.42. The van der Waals surface area contributed by atoms with E-state index in [1.165, 1.54) is 29.6 Å². The summed E-state index contributed by atoms with van der Waals surface area (Å²) in [4.78, 5) is 27.6. The fourth-order valence-corrected chi connectivity index (χ4v) is 3.66. The molecule has 27 heavy (non-hydrogen) atoms. The van der Waals surface area contributed by atoms with Crippen LogP contribution < -0.4 is 10.6 Å². The van der Waals surface area contributed by atoms with Gasteiger partial charge in [0.15, 0.2) is 17.7 Å². The van der Waals surface area contributed by atoms with Crippen molar-refractivity contribution in [1.29, 1.82) is 0 Å². The first-order valence-corrected chi connectivity index (χ1v) is 9.27. The van der Waals surface area contributed by atoms with Crippen LogP contribution in [-0.4, -0.2) is 64.0 Å². The van der Waals surface area contributed by atoms with Gasteiger partial charge in [-0.1, -0.05) is 0 Å². The highest BCUT2D eigenvalue weighted by molar-refractivity contribution is 7.49. The lowest BCUT2D eigenvalue weighted by Gasteiger charge is -2.25. The van der Waals surface area contributed by atoms with Crippen LogP contribution in [0.1, 0.15) is 6.23 Å². The zero-order valence-electron chi connectivity index (χ0n) is 13.6. The molecule has 4 heterocycles. The molecule has 4 rings (SSSR count). The quantitative estimate of drug-likeness (QED) is 0.415. The van der Waals surface area contributed by atoms with Crippen LogP contribution in [0.25, 0.3) is 11.2 Å². The van der Waals surface area contributed by atoms with Crippen molar-refractivity contribution in [2.24, 2.45) is 0 Å². The molecule has 0 aliphatic carbocycles. The molecule has 14 heteroatoms. The zero-order valence-corrected chi connectivity index (χ0v) is 14.5. The number of rotatable bonds is 5. The SMILES string of the molecule is Nc1ncnc2c1ncn2[C@@H]1O[C@H](COP(=O)([O-])n2ccnc2)C(O)C1O. The molecule has 3 aromatic heterocycles. The average molecular weight is 396 g/mol. The van der Waals surface area contributed by atoms with E-state index in [9.17, 15) is 19.7 Å². The summed E-state index contributed by atoms with van der Waals surface area (Å²) < 4.78 is 24.7. The van der Waals surface area contributed by atoms with Crippen LogP contribution in [0.2, 0.25) is 0 Å². The third-order valence-electron chi connectivity index (χ3n) is 4.17. The van der Waals surface area contributed by atoms with Crippen LogP contribution in [-0.2, 0) is 13.8 Å². The largest absolute Gasteiger partial charge is 0.761 e. The molecule has 1 aliphatic rings. The smallest absolute Gasteiger partial charge is 0.237 e. The molecular formula is C13H15N7O6P-. The highest BCUT2D eigenvalue weighted by atomic mass is 31.2. The minimum absolute atomic E-state index is 0.152. The lowest BCUT2D eigenvalue weighted by molar-refractivity contribution is -0.205. The molecule has 3 aromatic rings. The van der Waals surface area contributed by atoms with Gasteiger partial charge in [-0.05, 0) is 0 Å². The fourth-order valence-electron chi connectivity index (χ4n) is 2.78. The maximum Gasteiger partial charge on any atom is 0.237 e. The number of imidazole rings is 2. The summed E-state index contributed by atoms with van der Waals surface area (Å²) in [5, 5.41) is 20.5. The predicted octanol–water partition coefficient (Wildman–Crippen LogP) is -1.74. The van der Waals surface area contributed by atoms with Gasteiger partial charge in [0.1, 0.15) is 36.5 Å². The summed E-state index contributed by atoms with van der Waals surface area (Å²) in [5.41, 5.74) is 6.34. The van der Waals surface area contributed by atoms with E-state index in [2.05, 4.69) is 19.9 Å². The Morgan fingerprint density at radius 3 is 2.85 bits per heavy atom. The van der Waals surface area contributed by atoms with Crippen molar-refractivity contribution >= 4 is 24.7 Å². The highest BCUT2D eigenvalue weighted by Crippen LogP contribution is 2.40. The molecule has 144 valence electrons. The Hall–Kier alpha value is -2.41. The Bertz CT molecular complexity index is 994. The van der Waals surface area contributed by atoms with Gasteiger partial charge in [0, 0.05) is 12.4 Å². The van der Waals surface area contributed by atoms with Gasteiger partial charge >= 0.3 is 0 Å². The van der Waals surface area contributed by atoms with Crippen molar-refractivity contribution in [2.75, 3.05) is 12.3 Å². The first-order valence-electron chi connectivity index (χ1n) is 7.77. The molecule has 1 aliphatic heterocycles. The van der Waals surface area contributed by atoms with Crippen molar-refractivity contribution in [3.8, 4) is 0 Å². The van der Waals surface area contributed by atoms with Gasteiger partial charge in [0.25, 0.3) is 0 Å². The number of fused-ring (bicyclic) bond motifs is 1. The van der Waals surface area contributed by atoms with Gasteiger partial charge < -0.3 is 30.1 Å². The molecular weight excluding hydrogens is 381 g/mol. The summed E-state index contributed by atoms with van der Waals surface area (Å²) in [6.07, 6.45) is 1.20. The van der Waals surface area contributed by atoms with Crippen LogP contribution in [0.3, 0.4) is 0 Å². The monoisotopic (exact) mass is 396 g/mol. The van der Waals surface area contributed by atoms with Gasteiger partial charge in [0.05, 0.1) is 12.9 Å². The fraction of sp³-hybridized carbons (Fsp3) is 0.385. The van der Waals surface area contributed by atoms with E-state index in [1.54, 1.807) is 0 Å². The number of aliphatic hydroxyl groups is 2.